The quantitative estimate of drug-likeness (QED) is 0.118. The lowest BCUT2D eigenvalue weighted by Crippen LogP contribution is -2.44. The number of allylic oxidation sites excluding steroid dienone is 1. The SMILES string of the molecule is C=C(CCCCc1cccc(CC2Nc3c(Cc4ccccc4)nc(-c4ccccc4)c[n+]3C2=O)c1)CC(C)(C)C. The van der Waals surface area contributed by atoms with Crippen LogP contribution >= 0.6 is 0 Å². The summed E-state index contributed by atoms with van der Waals surface area (Å²) in [7, 11) is 0. The number of fused-ring (bicyclic) bond motifs is 1. The van der Waals surface area contributed by atoms with Crippen molar-refractivity contribution in [2.45, 2.75) is 71.8 Å². The van der Waals surface area contributed by atoms with Crippen LogP contribution in [0.5, 0.6) is 0 Å². The molecule has 4 nitrogen and oxygen atoms in total. The van der Waals surface area contributed by atoms with E-state index in [-0.39, 0.29) is 11.9 Å². The van der Waals surface area contributed by atoms with E-state index >= 15 is 0 Å². The van der Waals surface area contributed by atoms with E-state index in [1.54, 1.807) is 4.57 Å². The van der Waals surface area contributed by atoms with Gasteiger partial charge in [-0.05, 0) is 54.2 Å². The first-order valence-electron chi connectivity index (χ1n) is 14.9. The van der Waals surface area contributed by atoms with E-state index in [0.29, 0.717) is 18.3 Å². The second-order valence-electron chi connectivity index (χ2n) is 12.6. The Morgan fingerprint density at radius 2 is 1.59 bits per heavy atom. The van der Waals surface area contributed by atoms with Crippen molar-refractivity contribution in [1.29, 1.82) is 0 Å². The summed E-state index contributed by atoms with van der Waals surface area (Å²) in [6, 6.07) is 28.8. The van der Waals surface area contributed by atoms with Crippen LogP contribution in [-0.2, 0) is 19.3 Å². The molecule has 0 fully saturated rings. The Morgan fingerprint density at radius 1 is 0.902 bits per heavy atom. The first kappa shape index (κ1) is 28.5. The Morgan fingerprint density at radius 3 is 2.32 bits per heavy atom. The summed E-state index contributed by atoms with van der Waals surface area (Å²) >= 11 is 0. The minimum atomic E-state index is -0.326. The van der Waals surface area contributed by atoms with Gasteiger partial charge in [-0.15, -0.1) is 0 Å². The highest BCUT2D eigenvalue weighted by Gasteiger charge is 2.41. The molecule has 5 rings (SSSR count). The van der Waals surface area contributed by atoms with Crippen LogP contribution in [0.2, 0.25) is 0 Å². The molecule has 4 heteroatoms. The zero-order valence-corrected chi connectivity index (χ0v) is 24.7. The normalized spacial score (nSPS) is 14.5. The smallest absolute Gasteiger partial charge is 0.258 e. The zero-order valence-electron chi connectivity index (χ0n) is 24.7. The fourth-order valence-corrected chi connectivity index (χ4v) is 5.76. The molecular formula is C37H42N3O+. The maximum atomic E-state index is 13.7. The Balaban J connectivity index is 1.29. The first-order valence-corrected chi connectivity index (χ1v) is 14.9. The van der Waals surface area contributed by atoms with Gasteiger partial charge in [0.2, 0.25) is 0 Å². The number of carbonyl (C=O) groups is 1. The number of aryl methyl sites for hydroxylation is 1. The molecule has 0 saturated heterocycles. The topological polar surface area (TPSA) is 45.9 Å². The lowest BCUT2D eigenvalue weighted by atomic mass is 9.86. The third-order valence-electron chi connectivity index (χ3n) is 7.61. The highest BCUT2D eigenvalue weighted by Crippen LogP contribution is 2.27. The third kappa shape index (κ3) is 7.58. The van der Waals surface area contributed by atoms with E-state index in [1.165, 1.54) is 22.3 Å². The average Bonchev–Trinajstić information content (AvgIpc) is 3.26. The van der Waals surface area contributed by atoms with Gasteiger partial charge < -0.3 is 0 Å². The van der Waals surface area contributed by atoms with Crippen molar-refractivity contribution in [2.24, 2.45) is 5.41 Å². The second-order valence-corrected chi connectivity index (χ2v) is 12.6. The van der Waals surface area contributed by atoms with E-state index in [0.717, 1.165) is 54.9 Å². The molecule has 1 aromatic heterocycles. The number of hydrogen-bond acceptors (Lipinski definition) is 3. The number of benzene rings is 3. The summed E-state index contributed by atoms with van der Waals surface area (Å²) < 4.78 is 1.78. The van der Waals surface area contributed by atoms with E-state index in [9.17, 15) is 4.79 Å². The molecule has 41 heavy (non-hydrogen) atoms. The number of aromatic nitrogens is 2. The molecule has 0 bridgehead atoms. The fourth-order valence-electron chi connectivity index (χ4n) is 5.76. The molecule has 0 aliphatic carbocycles. The van der Waals surface area contributed by atoms with Gasteiger partial charge in [-0.3, -0.25) is 5.32 Å². The summed E-state index contributed by atoms with van der Waals surface area (Å²) in [5.74, 6) is 0.867. The zero-order chi connectivity index (χ0) is 28.8. The third-order valence-corrected chi connectivity index (χ3v) is 7.61. The van der Waals surface area contributed by atoms with Gasteiger partial charge in [-0.25, -0.2) is 9.78 Å². The summed E-state index contributed by atoms with van der Waals surface area (Å²) in [5.41, 5.74) is 8.03. The van der Waals surface area contributed by atoms with Crippen molar-refractivity contribution in [2.75, 3.05) is 5.32 Å². The Bertz CT molecular complexity index is 1500. The van der Waals surface area contributed by atoms with Crippen molar-refractivity contribution in [3.8, 4) is 11.3 Å². The lowest BCUT2D eigenvalue weighted by molar-refractivity contribution is -0.552. The number of rotatable bonds is 11. The molecule has 1 N–H and O–H groups in total. The molecule has 0 spiro atoms. The summed E-state index contributed by atoms with van der Waals surface area (Å²) in [6.07, 6.45) is 8.71. The van der Waals surface area contributed by atoms with Crippen molar-refractivity contribution >= 4 is 11.7 Å². The van der Waals surface area contributed by atoms with Gasteiger partial charge in [0.05, 0.1) is 0 Å². The molecular weight excluding hydrogens is 502 g/mol. The van der Waals surface area contributed by atoms with Crippen LogP contribution in [-0.4, -0.2) is 16.9 Å². The molecule has 3 aromatic carbocycles. The van der Waals surface area contributed by atoms with Gasteiger partial charge in [0.1, 0.15) is 17.6 Å². The van der Waals surface area contributed by atoms with E-state index < -0.39 is 0 Å². The summed E-state index contributed by atoms with van der Waals surface area (Å²) in [6.45, 7) is 11.1. The largest absolute Gasteiger partial charge is 0.359 e. The maximum Gasteiger partial charge on any atom is 0.359 e. The predicted molar refractivity (Wildman–Crippen MR) is 168 cm³/mol. The number of hydrogen-bond donors (Lipinski definition) is 1. The summed E-state index contributed by atoms with van der Waals surface area (Å²) in [4.78, 5) is 18.7. The molecule has 0 amide bonds. The van der Waals surface area contributed by atoms with Gasteiger partial charge in [0.25, 0.3) is 0 Å². The molecule has 1 unspecified atom stereocenters. The van der Waals surface area contributed by atoms with Crippen LogP contribution < -0.4 is 9.88 Å². The Kier molecular flexibility index (Phi) is 8.78. The molecule has 0 radical (unpaired) electrons. The van der Waals surface area contributed by atoms with Crippen molar-refractivity contribution in [3.63, 3.8) is 0 Å². The Labute approximate surface area is 245 Å². The minimum absolute atomic E-state index is 0.0663. The molecule has 1 aliphatic rings. The number of nitrogens with one attached hydrogen (secondary N) is 1. The number of nitrogens with zero attached hydrogens (tertiary/aromatic N) is 2. The minimum Gasteiger partial charge on any atom is -0.258 e. The van der Waals surface area contributed by atoms with Crippen molar-refractivity contribution in [1.82, 2.24) is 4.98 Å². The number of unbranched alkanes of at least 4 members (excludes halogenated alkanes) is 1. The van der Waals surface area contributed by atoms with Crippen LogP contribution in [0, 0.1) is 5.41 Å². The highest BCUT2D eigenvalue weighted by molar-refractivity contribution is 5.82. The maximum absolute atomic E-state index is 13.7. The molecule has 2 heterocycles. The molecule has 210 valence electrons. The highest BCUT2D eigenvalue weighted by atomic mass is 16.2. The van der Waals surface area contributed by atoms with Crippen LogP contribution in [0.25, 0.3) is 11.3 Å². The monoisotopic (exact) mass is 544 g/mol. The lowest BCUT2D eigenvalue weighted by Gasteiger charge is -2.19. The van der Waals surface area contributed by atoms with E-state index in [4.69, 9.17) is 4.98 Å². The van der Waals surface area contributed by atoms with Crippen molar-refractivity contribution in [3.05, 3.63) is 126 Å². The van der Waals surface area contributed by atoms with Crippen LogP contribution in [0.1, 0.15) is 73.6 Å². The molecule has 1 aliphatic heterocycles. The molecule has 1 atom stereocenters. The van der Waals surface area contributed by atoms with Crippen LogP contribution in [0.3, 0.4) is 0 Å². The van der Waals surface area contributed by atoms with Gasteiger partial charge in [-0.2, -0.15) is 4.57 Å². The standard InChI is InChI=1S/C37H41N3O/c1-27(25-37(2,3)4)14-11-12-17-28-18-13-19-30(22-28)24-33-36(41)40-26-34(31-20-9-6-10-21-31)38-32(35(40)39-33)23-29-15-7-5-8-16-29/h5-10,13,15-16,18-22,26,33H,1,11-12,14,17,23-25H2,2-4H3/p+1. The van der Waals surface area contributed by atoms with Gasteiger partial charge in [-0.1, -0.05) is 118 Å². The number of carbonyl (C=O) groups excluding carboxylic acids is 1. The Hall–Kier alpha value is -4.05. The first-order chi connectivity index (χ1) is 19.7. The van der Waals surface area contributed by atoms with Crippen LogP contribution in [0.4, 0.5) is 5.82 Å². The van der Waals surface area contributed by atoms with E-state index in [2.05, 4.69) is 69.1 Å². The molecule has 4 aromatic rings. The number of anilines is 1. The van der Waals surface area contributed by atoms with Gasteiger partial charge in [0, 0.05) is 18.4 Å². The van der Waals surface area contributed by atoms with Gasteiger partial charge in [0.15, 0.2) is 6.04 Å². The molecule has 0 saturated carbocycles. The van der Waals surface area contributed by atoms with Gasteiger partial charge >= 0.3 is 11.7 Å². The van der Waals surface area contributed by atoms with Crippen molar-refractivity contribution < 1.29 is 9.36 Å². The summed E-state index contributed by atoms with van der Waals surface area (Å²) in [5, 5.41) is 3.54. The van der Waals surface area contributed by atoms with E-state index in [1.807, 2.05) is 54.7 Å². The second kappa shape index (κ2) is 12.6. The fraction of sp³-hybridized carbons (Fsp3) is 0.324. The van der Waals surface area contributed by atoms with Crippen LogP contribution in [0.15, 0.2) is 103 Å². The predicted octanol–water partition coefficient (Wildman–Crippen LogP) is 8.01. The average molecular weight is 545 g/mol.